The summed E-state index contributed by atoms with van der Waals surface area (Å²) in [4.78, 5) is 0. The molecule has 0 heteroatoms. The fraction of sp³-hybridized carbons (Fsp3) is 0.326. The second kappa shape index (κ2) is 63.2. The molecule has 0 aliphatic carbocycles. The minimum atomic E-state index is 1.25. The van der Waals surface area contributed by atoms with E-state index in [0.29, 0.717) is 0 Å². The van der Waals surface area contributed by atoms with Gasteiger partial charge in [-0.15, -0.1) is 0 Å². The average molecular weight is 1200 g/mol. The number of fused-ring (bicyclic) bond motifs is 3. The van der Waals surface area contributed by atoms with Crippen molar-refractivity contribution in [1.82, 2.24) is 0 Å². The molecule has 0 bridgehead atoms. The third-order valence-electron chi connectivity index (χ3n) is 12.6. The lowest BCUT2D eigenvalue weighted by Gasteiger charge is -2.04. The summed E-state index contributed by atoms with van der Waals surface area (Å²) in [6.07, 6.45) is 1.25. The van der Waals surface area contributed by atoms with Gasteiger partial charge in [0.15, 0.2) is 0 Å². The Morgan fingerprint density at radius 2 is 0.292 bits per heavy atom. The first kappa shape index (κ1) is 89.9. The zero-order valence-electron chi connectivity index (χ0n) is 62.0. The van der Waals surface area contributed by atoms with Crippen LogP contribution in [-0.2, 0) is 0 Å². The van der Waals surface area contributed by atoms with Crippen molar-refractivity contribution in [2.45, 2.75) is 200 Å². The van der Waals surface area contributed by atoms with Crippen molar-refractivity contribution in [1.29, 1.82) is 0 Å². The molecule has 484 valence electrons. The van der Waals surface area contributed by atoms with Crippen LogP contribution in [0.4, 0.5) is 0 Å². The summed E-state index contributed by atoms with van der Waals surface area (Å²) >= 11 is 0. The van der Waals surface area contributed by atoms with Crippen LogP contribution in [0, 0.1) is 83.1 Å². The molecule has 11 rings (SSSR count). The number of aryl methyl sites for hydroxylation is 12. The van der Waals surface area contributed by atoms with E-state index in [1.54, 1.807) is 0 Å². The maximum Gasteiger partial charge on any atom is -0.0125 e. The second-order valence-electron chi connectivity index (χ2n) is 19.0. The van der Waals surface area contributed by atoms with E-state index >= 15 is 0 Å². The van der Waals surface area contributed by atoms with E-state index in [-0.39, 0.29) is 0 Å². The van der Waals surface area contributed by atoms with Gasteiger partial charge in [0.05, 0.1) is 0 Å². The molecule has 0 N–H and O–H groups in total. The smallest absolute Gasteiger partial charge is 0.0125 e. The summed E-state index contributed by atoms with van der Waals surface area (Å²) in [5.74, 6) is 0. The quantitative estimate of drug-likeness (QED) is 0.142. The summed E-state index contributed by atoms with van der Waals surface area (Å²) < 4.78 is 0. The zero-order valence-corrected chi connectivity index (χ0v) is 62.0. The van der Waals surface area contributed by atoms with E-state index in [1.807, 2.05) is 170 Å². The topological polar surface area (TPSA) is 0 Å². The van der Waals surface area contributed by atoms with Gasteiger partial charge in [-0.05, 0) is 182 Å². The van der Waals surface area contributed by atoms with Gasteiger partial charge in [-0.2, -0.15) is 0 Å². The van der Waals surface area contributed by atoms with E-state index in [2.05, 4.69) is 279 Å². The monoisotopic (exact) mass is 1200 g/mol. The SMILES string of the molecule is CC.CC.CC.CC.CC.CC.CC.CCC.Cc1cc2ccccc2cc1C.Cc1cccc2cccc(C)c12.Cc1cccc2cccc(C)c12.Cc1ccccc1C.Cc1ccccc1C.Cc1ccccc1C.c1ccccc1.c1ccccc1. The highest BCUT2D eigenvalue weighted by Crippen LogP contribution is 2.23. The molecule has 0 nitrogen and oxygen atoms in total. The molecule has 0 amide bonds. The van der Waals surface area contributed by atoms with Crippen LogP contribution in [0.15, 0.2) is 255 Å². The molecule has 0 saturated carbocycles. The van der Waals surface area contributed by atoms with E-state index < -0.39 is 0 Å². The molecule has 0 atom stereocenters. The Balaban J connectivity index is -0.000000294. The van der Waals surface area contributed by atoms with Crippen LogP contribution in [-0.4, -0.2) is 0 Å². The van der Waals surface area contributed by atoms with Gasteiger partial charge in [-0.25, -0.2) is 0 Å². The fourth-order valence-electron chi connectivity index (χ4n) is 7.72. The van der Waals surface area contributed by atoms with Crippen LogP contribution in [0.3, 0.4) is 0 Å². The Kier molecular flexibility index (Phi) is 63.9. The molecule has 11 aromatic rings. The van der Waals surface area contributed by atoms with Crippen LogP contribution >= 0.6 is 0 Å². The fourth-order valence-corrected chi connectivity index (χ4v) is 7.72. The van der Waals surface area contributed by atoms with Crippen LogP contribution in [0.25, 0.3) is 32.3 Å². The molecule has 0 spiro atoms. The van der Waals surface area contributed by atoms with Gasteiger partial charge in [-0.1, -0.05) is 372 Å². The van der Waals surface area contributed by atoms with Crippen molar-refractivity contribution in [3.63, 3.8) is 0 Å². The predicted molar refractivity (Wildman–Crippen MR) is 416 cm³/mol. The van der Waals surface area contributed by atoms with Crippen molar-refractivity contribution in [3.8, 4) is 0 Å². The van der Waals surface area contributed by atoms with Gasteiger partial charge in [0.1, 0.15) is 0 Å². The number of hydrogen-bond donors (Lipinski definition) is 0. The van der Waals surface area contributed by atoms with Crippen LogP contribution in [0.1, 0.15) is 184 Å². The molecular weight excluding hydrogens is 1070 g/mol. The van der Waals surface area contributed by atoms with Gasteiger partial charge in [0.2, 0.25) is 0 Å². The highest BCUT2D eigenvalue weighted by molar-refractivity contribution is 5.89. The van der Waals surface area contributed by atoms with Gasteiger partial charge < -0.3 is 0 Å². The maximum absolute atomic E-state index is 2.24. The van der Waals surface area contributed by atoms with Gasteiger partial charge in [-0.3, -0.25) is 0 Å². The van der Waals surface area contributed by atoms with Gasteiger partial charge in [0, 0.05) is 0 Å². The van der Waals surface area contributed by atoms with E-state index in [9.17, 15) is 0 Å². The first-order chi connectivity index (χ1) is 43.2. The summed E-state index contributed by atoms with van der Waals surface area (Å²) in [5.41, 5.74) is 16.4. The number of benzene rings is 11. The summed E-state index contributed by atoms with van der Waals surface area (Å²) in [5, 5.41) is 8.16. The van der Waals surface area contributed by atoms with Gasteiger partial charge >= 0.3 is 0 Å². The molecule has 0 heterocycles. The van der Waals surface area contributed by atoms with Crippen molar-refractivity contribution < 1.29 is 0 Å². The first-order valence-corrected chi connectivity index (χ1v) is 33.6. The highest BCUT2D eigenvalue weighted by atomic mass is 14.0. The molecule has 0 radical (unpaired) electrons. The van der Waals surface area contributed by atoms with Crippen LogP contribution < -0.4 is 0 Å². The molecule has 89 heavy (non-hydrogen) atoms. The zero-order chi connectivity index (χ0) is 68.8. The minimum absolute atomic E-state index is 1.25. The van der Waals surface area contributed by atoms with Crippen LogP contribution in [0.5, 0.6) is 0 Å². The summed E-state index contributed by atoms with van der Waals surface area (Å²) in [7, 11) is 0. The Labute approximate surface area is 551 Å². The lowest BCUT2D eigenvalue weighted by Crippen LogP contribution is -1.81. The Bertz CT molecular complexity index is 2820. The summed E-state index contributed by atoms with van der Waals surface area (Å²) in [6, 6.07) is 87.8. The molecule has 0 aliphatic rings. The molecule has 0 fully saturated rings. The van der Waals surface area contributed by atoms with Crippen molar-refractivity contribution in [2.24, 2.45) is 0 Å². The maximum atomic E-state index is 2.24. The molecule has 0 saturated heterocycles. The number of hydrogen-bond acceptors (Lipinski definition) is 0. The second-order valence-corrected chi connectivity index (χ2v) is 19.0. The average Bonchev–Trinajstić information content (AvgIpc) is 3.68. The number of rotatable bonds is 0. The molecule has 0 aromatic heterocycles. The van der Waals surface area contributed by atoms with E-state index in [1.165, 1.54) is 105 Å². The first-order valence-electron chi connectivity index (χ1n) is 33.6. The van der Waals surface area contributed by atoms with Gasteiger partial charge in [0.25, 0.3) is 0 Å². The minimum Gasteiger partial charge on any atom is -0.0683 e. The standard InChI is InChI=1S/3C12H12.3C8H10.2C6H6.C3H8.7C2H6/c2*1-9-5-3-7-11-8-4-6-10(2)12(9)11;1-9-7-11-5-3-4-6-12(11)8-10(9)2;3*1-7-5-3-4-6-8(7)2;2*1-2-4-6-5-3-1;1-3-2;7*1-2/h3*3-8H,1-2H3;3*3-6H,1-2H3;2*1-6H;3H2,1-2H3;7*1-2H3. The normalized spacial score (nSPS) is 8.49. The lowest BCUT2D eigenvalue weighted by atomic mass is 10.0. The van der Waals surface area contributed by atoms with Crippen LogP contribution in [0.2, 0.25) is 0 Å². The Hall–Kier alpha value is -7.80. The predicted octanol–water partition coefficient (Wildman–Crippen LogP) is 29.3. The Morgan fingerprint density at radius 3 is 0.438 bits per heavy atom. The third kappa shape index (κ3) is 41.9. The summed E-state index contributed by atoms with van der Waals surface area (Å²) in [6.45, 7) is 57.9. The van der Waals surface area contributed by atoms with Crippen molar-refractivity contribution in [2.75, 3.05) is 0 Å². The van der Waals surface area contributed by atoms with Crippen molar-refractivity contribution in [3.05, 3.63) is 322 Å². The molecule has 0 aliphatic heterocycles. The third-order valence-corrected chi connectivity index (χ3v) is 12.6. The van der Waals surface area contributed by atoms with E-state index in [4.69, 9.17) is 0 Å². The largest absolute Gasteiger partial charge is 0.0683 e. The van der Waals surface area contributed by atoms with E-state index in [0.717, 1.165) is 0 Å². The van der Waals surface area contributed by atoms with Crippen molar-refractivity contribution >= 4 is 32.3 Å². The molecule has 0 unspecified atom stereocenters. The molecule has 11 aromatic carbocycles. The lowest BCUT2D eigenvalue weighted by molar-refractivity contribution is 1.09. The highest BCUT2D eigenvalue weighted by Gasteiger charge is 1.99. The molecular formula is C89H128. The Morgan fingerprint density at radius 1 is 0.157 bits per heavy atom.